The molecule has 4 aromatic heterocycles. The largest absolute Gasteiger partial charge is 0.363 e. The molecule has 21 heavy (non-hydrogen) atoms. The quantitative estimate of drug-likeness (QED) is 0.629. The number of rotatable bonds is 3. The molecule has 0 saturated heterocycles. The Morgan fingerprint density at radius 3 is 3.14 bits per heavy atom. The van der Waals surface area contributed by atoms with E-state index in [1.54, 1.807) is 24.0 Å². The molecule has 7 heteroatoms. The lowest BCUT2D eigenvalue weighted by Crippen LogP contribution is -2.09. The molecular weight excluding hydrogens is 284 g/mol. The third-order valence-corrected chi connectivity index (χ3v) is 4.25. The maximum atomic E-state index is 4.35. The summed E-state index contributed by atoms with van der Waals surface area (Å²) in [6.45, 7) is 2.10. The summed E-state index contributed by atoms with van der Waals surface area (Å²) in [7, 11) is 0. The van der Waals surface area contributed by atoms with Crippen LogP contribution < -0.4 is 5.32 Å². The number of aromatic nitrogens is 5. The van der Waals surface area contributed by atoms with Crippen LogP contribution in [0.3, 0.4) is 0 Å². The summed E-state index contributed by atoms with van der Waals surface area (Å²) >= 11 is 1.62. The Morgan fingerprint density at radius 2 is 2.19 bits per heavy atom. The molecule has 4 heterocycles. The molecule has 0 radical (unpaired) electrons. The highest BCUT2D eigenvalue weighted by Gasteiger charge is 2.10. The molecule has 1 unspecified atom stereocenters. The Labute approximate surface area is 124 Å². The Bertz CT molecular complexity index is 912. The number of nitrogens with zero attached hydrogens (tertiary/aromatic N) is 5. The van der Waals surface area contributed by atoms with Crippen molar-refractivity contribution in [2.75, 3.05) is 5.32 Å². The lowest BCUT2D eigenvalue weighted by molar-refractivity contribution is 0.863. The van der Waals surface area contributed by atoms with Crippen LogP contribution in [0.4, 0.5) is 5.82 Å². The second kappa shape index (κ2) is 4.78. The molecule has 0 aliphatic heterocycles. The van der Waals surface area contributed by atoms with Gasteiger partial charge in [0.05, 0.1) is 11.4 Å². The molecule has 4 aromatic rings. The highest BCUT2D eigenvalue weighted by Crippen LogP contribution is 2.26. The van der Waals surface area contributed by atoms with Gasteiger partial charge in [-0.15, -0.1) is 21.5 Å². The van der Waals surface area contributed by atoms with Gasteiger partial charge in [0.15, 0.2) is 5.65 Å². The minimum Gasteiger partial charge on any atom is -0.363 e. The van der Waals surface area contributed by atoms with Crippen LogP contribution in [-0.4, -0.2) is 24.6 Å². The first-order valence-electron chi connectivity index (χ1n) is 6.55. The first-order valence-corrected chi connectivity index (χ1v) is 7.43. The zero-order valence-electron chi connectivity index (χ0n) is 11.3. The molecule has 1 N–H and O–H groups in total. The number of anilines is 1. The summed E-state index contributed by atoms with van der Waals surface area (Å²) in [5.74, 6) is 0.859. The van der Waals surface area contributed by atoms with Crippen LogP contribution in [0.15, 0.2) is 42.4 Å². The van der Waals surface area contributed by atoms with E-state index in [0.29, 0.717) is 0 Å². The van der Waals surface area contributed by atoms with Gasteiger partial charge in [-0.2, -0.15) is 0 Å². The number of nitrogens with one attached hydrogen (secondary N) is 1. The molecule has 0 aromatic carbocycles. The lowest BCUT2D eigenvalue weighted by atomic mass is 10.1. The van der Waals surface area contributed by atoms with E-state index in [4.69, 9.17) is 0 Å². The van der Waals surface area contributed by atoms with Crippen molar-refractivity contribution in [2.24, 2.45) is 0 Å². The monoisotopic (exact) mass is 296 g/mol. The highest BCUT2D eigenvalue weighted by atomic mass is 32.1. The van der Waals surface area contributed by atoms with Crippen molar-refractivity contribution in [2.45, 2.75) is 13.0 Å². The van der Waals surface area contributed by atoms with Gasteiger partial charge in [0.25, 0.3) is 0 Å². The normalized spacial score (nSPS) is 12.8. The van der Waals surface area contributed by atoms with Crippen molar-refractivity contribution in [1.29, 1.82) is 0 Å². The van der Waals surface area contributed by atoms with Crippen molar-refractivity contribution < 1.29 is 0 Å². The van der Waals surface area contributed by atoms with Crippen LogP contribution in [0.5, 0.6) is 0 Å². The molecular formula is C14H12N6S. The van der Waals surface area contributed by atoms with Crippen LogP contribution >= 0.6 is 11.3 Å². The van der Waals surface area contributed by atoms with Crippen LogP contribution in [-0.2, 0) is 0 Å². The molecule has 6 nitrogen and oxygen atoms in total. The van der Waals surface area contributed by atoms with E-state index < -0.39 is 0 Å². The third-order valence-electron chi connectivity index (χ3n) is 3.43. The van der Waals surface area contributed by atoms with Gasteiger partial charge in [-0.3, -0.25) is 4.40 Å². The summed E-state index contributed by atoms with van der Waals surface area (Å²) in [6.07, 6.45) is 5.32. The molecule has 0 aliphatic rings. The number of pyridine rings is 1. The van der Waals surface area contributed by atoms with Gasteiger partial charge in [0.2, 0.25) is 0 Å². The van der Waals surface area contributed by atoms with E-state index >= 15 is 0 Å². The predicted octanol–water partition coefficient (Wildman–Crippen LogP) is 2.91. The maximum absolute atomic E-state index is 4.35. The molecule has 4 rings (SSSR count). The average molecular weight is 296 g/mol. The lowest BCUT2D eigenvalue weighted by Gasteiger charge is -2.15. The zero-order valence-corrected chi connectivity index (χ0v) is 12.1. The van der Waals surface area contributed by atoms with Crippen molar-refractivity contribution in [3.63, 3.8) is 0 Å². The molecule has 0 spiro atoms. The Morgan fingerprint density at radius 1 is 1.24 bits per heavy atom. The number of thiophene rings is 1. The summed E-state index contributed by atoms with van der Waals surface area (Å²) in [6, 6.07) is 6.17. The van der Waals surface area contributed by atoms with Gasteiger partial charge in [0, 0.05) is 6.20 Å². The minimum atomic E-state index is 0.120. The Kier molecular flexibility index (Phi) is 2.78. The van der Waals surface area contributed by atoms with Crippen LogP contribution in [0.2, 0.25) is 0 Å². The van der Waals surface area contributed by atoms with Gasteiger partial charge in [-0.25, -0.2) is 9.97 Å². The van der Waals surface area contributed by atoms with Gasteiger partial charge in [-0.05, 0) is 30.0 Å². The molecule has 0 bridgehead atoms. The molecule has 0 aliphatic carbocycles. The Balaban J connectivity index is 1.68. The van der Waals surface area contributed by atoms with Gasteiger partial charge in [0.1, 0.15) is 23.3 Å². The van der Waals surface area contributed by atoms with Crippen molar-refractivity contribution in [1.82, 2.24) is 24.6 Å². The first kappa shape index (κ1) is 12.2. The molecule has 0 amide bonds. The molecule has 104 valence electrons. The predicted molar refractivity (Wildman–Crippen MR) is 82.4 cm³/mol. The fraction of sp³-hybridized carbons (Fsp3) is 0.143. The maximum Gasteiger partial charge on any atom is 0.160 e. The standard InChI is InChI=1S/C14H12N6S/c1-9(10-2-3-12-19-17-8-20(12)6-10)18-13-11-4-5-21-14(11)16-7-15-13/h2-9H,1H3,(H,15,16,18). The molecule has 0 saturated carbocycles. The van der Waals surface area contributed by atoms with Crippen molar-refractivity contribution >= 4 is 33.0 Å². The first-order chi connectivity index (χ1) is 10.3. The van der Waals surface area contributed by atoms with E-state index in [1.807, 2.05) is 34.2 Å². The molecule has 1 atom stereocenters. The van der Waals surface area contributed by atoms with E-state index in [9.17, 15) is 0 Å². The fourth-order valence-corrected chi connectivity index (χ4v) is 3.03. The number of hydrogen-bond acceptors (Lipinski definition) is 6. The minimum absolute atomic E-state index is 0.120. The van der Waals surface area contributed by atoms with Crippen molar-refractivity contribution in [3.8, 4) is 0 Å². The fourth-order valence-electron chi connectivity index (χ4n) is 2.29. The third kappa shape index (κ3) is 2.11. The van der Waals surface area contributed by atoms with E-state index in [0.717, 1.165) is 27.2 Å². The van der Waals surface area contributed by atoms with Gasteiger partial charge in [-0.1, -0.05) is 6.07 Å². The highest BCUT2D eigenvalue weighted by molar-refractivity contribution is 7.16. The second-order valence-electron chi connectivity index (χ2n) is 4.79. The Hall–Kier alpha value is -2.54. The zero-order chi connectivity index (χ0) is 14.2. The van der Waals surface area contributed by atoms with Crippen molar-refractivity contribution in [3.05, 3.63) is 48.0 Å². The van der Waals surface area contributed by atoms with Crippen LogP contribution in [0, 0.1) is 0 Å². The topological polar surface area (TPSA) is 68.0 Å². The summed E-state index contributed by atoms with van der Waals surface area (Å²) in [5, 5.41) is 14.4. The van der Waals surface area contributed by atoms with Crippen LogP contribution in [0.1, 0.15) is 18.5 Å². The second-order valence-corrected chi connectivity index (χ2v) is 5.68. The number of fused-ring (bicyclic) bond motifs is 2. The summed E-state index contributed by atoms with van der Waals surface area (Å²) < 4.78 is 1.91. The SMILES string of the molecule is CC(Nc1ncnc2sccc12)c1ccc2nncn2c1. The average Bonchev–Trinajstić information content (AvgIpc) is 3.15. The van der Waals surface area contributed by atoms with Gasteiger partial charge < -0.3 is 5.32 Å². The van der Waals surface area contributed by atoms with E-state index in [-0.39, 0.29) is 6.04 Å². The van der Waals surface area contributed by atoms with E-state index in [1.165, 1.54) is 0 Å². The number of hydrogen-bond donors (Lipinski definition) is 1. The summed E-state index contributed by atoms with van der Waals surface area (Å²) in [4.78, 5) is 9.61. The van der Waals surface area contributed by atoms with Crippen LogP contribution in [0.25, 0.3) is 15.9 Å². The van der Waals surface area contributed by atoms with E-state index in [2.05, 4.69) is 32.4 Å². The molecule has 0 fully saturated rings. The summed E-state index contributed by atoms with van der Waals surface area (Å²) in [5.41, 5.74) is 1.98. The van der Waals surface area contributed by atoms with Gasteiger partial charge >= 0.3 is 0 Å². The smallest absolute Gasteiger partial charge is 0.160 e.